The second kappa shape index (κ2) is 4.32. The zero-order chi connectivity index (χ0) is 7.56. The van der Waals surface area contributed by atoms with E-state index in [2.05, 4.69) is 12.2 Å². The predicted molar refractivity (Wildman–Crippen MR) is 42.4 cm³/mol. The van der Waals surface area contributed by atoms with E-state index < -0.39 is 0 Å². The van der Waals surface area contributed by atoms with Gasteiger partial charge in [0.15, 0.2) is 5.05 Å². The van der Waals surface area contributed by atoms with E-state index in [1.54, 1.807) is 18.2 Å². The summed E-state index contributed by atoms with van der Waals surface area (Å²) in [5, 5.41) is 17.5. The molecule has 1 rings (SSSR count). The predicted octanol–water partition coefficient (Wildman–Crippen LogP) is 1.62. The van der Waals surface area contributed by atoms with Crippen molar-refractivity contribution in [2.75, 3.05) is 0 Å². The van der Waals surface area contributed by atoms with E-state index in [1.165, 1.54) is 6.07 Å². The van der Waals surface area contributed by atoms with Crippen LogP contribution in [0.15, 0.2) is 24.3 Å². The van der Waals surface area contributed by atoms with Gasteiger partial charge in [-0.15, -0.1) is 0 Å². The Labute approximate surface area is 79.8 Å². The Morgan fingerprint density at radius 1 is 1.27 bits per heavy atom. The van der Waals surface area contributed by atoms with Crippen molar-refractivity contribution in [1.29, 1.82) is 0 Å². The fourth-order valence-electron chi connectivity index (χ4n) is 0.654. The van der Waals surface area contributed by atoms with Gasteiger partial charge >= 0.3 is 0 Å². The van der Waals surface area contributed by atoms with Crippen LogP contribution in [0, 0.1) is 0 Å². The third kappa shape index (κ3) is 2.48. The van der Waals surface area contributed by atoms with Gasteiger partial charge in [0.2, 0.25) is 0 Å². The number of thiocarbonyl (C=S) groups is 1. The van der Waals surface area contributed by atoms with Gasteiger partial charge in [-0.25, -0.2) is 0 Å². The molecule has 0 atom stereocenters. The molecule has 1 aromatic carbocycles. The number of aliphatic hydroxyl groups excluding tert-OH is 1. The van der Waals surface area contributed by atoms with Crippen LogP contribution < -0.4 is 0 Å². The number of aliphatic hydroxyl groups is 1. The monoisotopic (exact) mass is 212 g/mol. The molecule has 0 heterocycles. The molecule has 62 valence electrons. The summed E-state index contributed by atoms with van der Waals surface area (Å²) in [4.78, 5) is 0. The van der Waals surface area contributed by atoms with Gasteiger partial charge in [-0.1, -0.05) is 12.1 Å². The van der Waals surface area contributed by atoms with Crippen LogP contribution in [0.2, 0.25) is 0 Å². The Balaban J connectivity index is 0.000001000. The summed E-state index contributed by atoms with van der Waals surface area (Å²) in [6.07, 6.45) is 0. The van der Waals surface area contributed by atoms with E-state index in [1.807, 2.05) is 0 Å². The fraction of sp³-hybridized carbons (Fsp3) is 0. The molecule has 0 saturated carbocycles. The Kier molecular flexibility index (Phi) is 4.08. The molecule has 2 N–H and O–H groups in total. The molecule has 0 saturated heterocycles. The van der Waals surface area contributed by atoms with Gasteiger partial charge in [0, 0.05) is 16.5 Å². The maximum Gasteiger partial charge on any atom is 0.192 e. The van der Waals surface area contributed by atoms with Crippen molar-refractivity contribution in [1.82, 2.24) is 0 Å². The second-order valence-electron chi connectivity index (χ2n) is 1.82. The molecule has 0 bridgehead atoms. The molecule has 0 aliphatic carbocycles. The molecule has 0 fully saturated rings. The van der Waals surface area contributed by atoms with Crippen molar-refractivity contribution in [3.63, 3.8) is 0 Å². The van der Waals surface area contributed by atoms with Gasteiger partial charge in [0.25, 0.3) is 0 Å². The molecule has 0 spiro atoms. The molecule has 11 heavy (non-hydrogen) atoms. The molecule has 0 unspecified atom stereocenters. The standard InChI is InChI=1S/C7H6O2S.Ni/c8-6-4-2-1-3-5(6)7(9)10;/h1-4,8H,(H,9,10);. The van der Waals surface area contributed by atoms with Crippen LogP contribution in [0.25, 0.3) is 0 Å². The minimum absolute atomic E-state index is 0. The first-order valence-corrected chi connectivity index (χ1v) is 3.14. The largest absolute Gasteiger partial charge is 0.507 e. The number of benzene rings is 1. The molecular formula is C7H6NiO2S. The maximum absolute atomic E-state index is 9.03. The number of hydrogen-bond donors (Lipinski definition) is 2. The Morgan fingerprint density at radius 3 is 2.18 bits per heavy atom. The number of phenolic OH excluding ortho intramolecular Hbond substituents is 1. The van der Waals surface area contributed by atoms with Crippen LogP contribution in [0.5, 0.6) is 5.75 Å². The number of aromatic hydroxyl groups is 1. The Bertz CT molecular complexity index is 262. The topological polar surface area (TPSA) is 40.5 Å². The van der Waals surface area contributed by atoms with Crippen molar-refractivity contribution in [2.24, 2.45) is 0 Å². The van der Waals surface area contributed by atoms with E-state index in [0.29, 0.717) is 5.56 Å². The summed E-state index contributed by atoms with van der Waals surface area (Å²) in [7, 11) is 0. The number of hydrogen-bond acceptors (Lipinski definition) is 2. The smallest absolute Gasteiger partial charge is 0.192 e. The summed E-state index contributed by atoms with van der Waals surface area (Å²) in [5.41, 5.74) is 0.303. The van der Waals surface area contributed by atoms with Gasteiger partial charge in [0.05, 0.1) is 5.56 Å². The minimum Gasteiger partial charge on any atom is -0.507 e. The van der Waals surface area contributed by atoms with E-state index >= 15 is 0 Å². The zero-order valence-electron chi connectivity index (χ0n) is 5.43. The Hall–Kier alpha value is -0.596. The van der Waals surface area contributed by atoms with E-state index in [9.17, 15) is 0 Å². The van der Waals surface area contributed by atoms with Crippen molar-refractivity contribution in [3.8, 4) is 5.75 Å². The summed E-state index contributed by atoms with van der Waals surface area (Å²) in [5.74, 6) is 0.00926. The van der Waals surface area contributed by atoms with Gasteiger partial charge in [0.1, 0.15) is 5.75 Å². The van der Waals surface area contributed by atoms with Crippen LogP contribution in [0.3, 0.4) is 0 Å². The quantitative estimate of drug-likeness (QED) is 0.549. The number of phenols is 1. The summed E-state index contributed by atoms with van der Waals surface area (Å²) >= 11 is 4.45. The van der Waals surface area contributed by atoms with E-state index in [4.69, 9.17) is 10.2 Å². The third-order valence-electron chi connectivity index (χ3n) is 1.13. The molecule has 0 aliphatic rings. The SMILES string of the molecule is OC(=S)c1ccccc1O.[Ni]. The fourth-order valence-corrected chi connectivity index (χ4v) is 0.827. The van der Waals surface area contributed by atoms with Gasteiger partial charge in [-0.2, -0.15) is 0 Å². The van der Waals surface area contributed by atoms with E-state index in [-0.39, 0.29) is 27.3 Å². The van der Waals surface area contributed by atoms with Crippen molar-refractivity contribution >= 4 is 17.3 Å². The van der Waals surface area contributed by atoms with Crippen LogP contribution in [0.4, 0.5) is 0 Å². The normalized spacial score (nSPS) is 8.36. The molecule has 2 nitrogen and oxygen atoms in total. The molecular weight excluding hydrogens is 207 g/mol. The second-order valence-corrected chi connectivity index (χ2v) is 2.21. The van der Waals surface area contributed by atoms with Gasteiger partial charge in [-0.05, 0) is 24.4 Å². The number of para-hydroxylation sites is 1. The first kappa shape index (κ1) is 10.4. The average molecular weight is 213 g/mol. The first-order valence-electron chi connectivity index (χ1n) is 2.73. The molecule has 4 heteroatoms. The van der Waals surface area contributed by atoms with Crippen molar-refractivity contribution in [3.05, 3.63) is 29.8 Å². The van der Waals surface area contributed by atoms with Gasteiger partial charge < -0.3 is 10.2 Å². The molecule has 0 aromatic heterocycles. The van der Waals surface area contributed by atoms with Crippen molar-refractivity contribution < 1.29 is 26.7 Å². The third-order valence-corrected chi connectivity index (χ3v) is 1.35. The molecule has 0 amide bonds. The van der Waals surface area contributed by atoms with E-state index in [0.717, 1.165) is 0 Å². The summed E-state index contributed by atoms with van der Waals surface area (Å²) < 4.78 is 0. The maximum atomic E-state index is 9.03. The minimum atomic E-state index is -0.280. The average Bonchev–Trinajstić information content (AvgIpc) is 1.88. The Morgan fingerprint density at radius 2 is 1.82 bits per heavy atom. The number of rotatable bonds is 1. The summed E-state index contributed by atoms with van der Waals surface area (Å²) in [6, 6.07) is 6.38. The van der Waals surface area contributed by atoms with Crippen molar-refractivity contribution in [2.45, 2.75) is 0 Å². The molecule has 1 aromatic rings. The van der Waals surface area contributed by atoms with Crippen LogP contribution in [-0.2, 0) is 16.5 Å². The summed E-state index contributed by atoms with van der Waals surface area (Å²) in [6.45, 7) is 0. The first-order chi connectivity index (χ1) is 4.72. The molecule has 0 aliphatic heterocycles. The molecule has 0 radical (unpaired) electrons. The van der Waals surface area contributed by atoms with Crippen LogP contribution >= 0.6 is 12.2 Å². The van der Waals surface area contributed by atoms with Crippen LogP contribution in [-0.4, -0.2) is 15.3 Å². The zero-order valence-corrected chi connectivity index (χ0v) is 7.23. The van der Waals surface area contributed by atoms with Gasteiger partial charge in [-0.3, -0.25) is 0 Å². The van der Waals surface area contributed by atoms with Crippen LogP contribution in [0.1, 0.15) is 5.56 Å².